The average Bonchev–Trinajstić information content (AvgIpc) is 2.41. The minimum Gasteiger partial charge on any atom is -0.305 e. The van der Waals surface area contributed by atoms with Crippen molar-refractivity contribution in [2.45, 2.75) is 19.3 Å². The van der Waals surface area contributed by atoms with Crippen LogP contribution in [0.25, 0.3) is 0 Å². The molecule has 0 atom stereocenters. The van der Waals surface area contributed by atoms with E-state index in [1.54, 1.807) is 0 Å². The largest absolute Gasteiger partial charge is 0.417 e. The number of hydrogen-bond acceptors (Lipinski definition) is 3. The summed E-state index contributed by atoms with van der Waals surface area (Å²) in [6.45, 7) is 0.313. The van der Waals surface area contributed by atoms with Crippen molar-refractivity contribution in [3.63, 3.8) is 0 Å². The molecule has 0 unspecified atom stereocenters. The van der Waals surface area contributed by atoms with Gasteiger partial charge in [0.2, 0.25) is 0 Å². The number of aromatic nitrogens is 2. The predicted molar refractivity (Wildman–Crippen MR) is 69.0 cm³/mol. The molecule has 0 fully saturated rings. The SMILES string of the molecule is Fc1cc(Cl)cnc1CNCc1ccc(C(F)(F)F)cn1. The molecular formula is C13H10ClF4N3. The molecule has 0 saturated heterocycles. The molecule has 0 bridgehead atoms. The van der Waals surface area contributed by atoms with E-state index < -0.39 is 17.6 Å². The summed E-state index contributed by atoms with van der Waals surface area (Å²) >= 11 is 5.57. The minimum atomic E-state index is -4.41. The summed E-state index contributed by atoms with van der Waals surface area (Å²) in [4.78, 5) is 7.51. The number of nitrogens with zero attached hydrogens (tertiary/aromatic N) is 2. The molecule has 0 aliphatic rings. The van der Waals surface area contributed by atoms with Gasteiger partial charge in [0.15, 0.2) is 0 Å². The van der Waals surface area contributed by atoms with Crippen LogP contribution in [0.3, 0.4) is 0 Å². The number of rotatable bonds is 4. The lowest BCUT2D eigenvalue weighted by molar-refractivity contribution is -0.137. The molecule has 2 aromatic heterocycles. The molecule has 112 valence electrons. The lowest BCUT2D eigenvalue weighted by Crippen LogP contribution is -2.16. The van der Waals surface area contributed by atoms with Crippen molar-refractivity contribution in [2.24, 2.45) is 0 Å². The van der Waals surface area contributed by atoms with Crippen LogP contribution in [0.4, 0.5) is 17.6 Å². The quantitative estimate of drug-likeness (QED) is 0.875. The van der Waals surface area contributed by atoms with Gasteiger partial charge in [-0.05, 0) is 18.2 Å². The van der Waals surface area contributed by atoms with E-state index in [0.717, 1.165) is 18.3 Å². The van der Waals surface area contributed by atoms with Gasteiger partial charge in [0.25, 0.3) is 0 Å². The van der Waals surface area contributed by atoms with Crippen LogP contribution in [0, 0.1) is 5.82 Å². The molecule has 3 nitrogen and oxygen atoms in total. The highest BCUT2D eigenvalue weighted by molar-refractivity contribution is 6.30. The van der Waals surface area contributed by atoms with Crippen LogP contribution >= 0.6 is 11.6 Å². The van der Waals surface area contributed by atoms with Crippen molar-refractivity contribution in [3.8, 4) is 0 Å². The standard InChI is InChI=1S/C13H10ClF4N3/c14-9-3-11(15)12(21-5-9)7-19-6-10-2-1-8(4-20-10)13(16,17)18/h1-5,19H,6-7H2. The van der Waals surface area contributed by atoms with Crippen LogP contribution in [0.15, 0.2) is 30.6 Å². The number of nitrogens with one attached hydrogen (secondary N) is 1. The molecule has 2 aromatic rings. The predicted octanol–water partition coefficient (Wildman–Crippen LogP) is 3.58. The van der Waals surface area contributed by atoms with Gasteiger partial charge in [-0.3, -0.25) is 9.97 Å². The molecule has 2 heterocycles. The Labute approximate surface area is 123 Å². The van der Waals surface area contributed by atoms with Crippen molar-refractivity contribution in [1.29, 1.82) is 0 Å². The van der Waals surface area contributed by atoms with E-state index in [1.807, 2.05) is 0 Å². The Balaban J connectivity index is 1.91. The van der Waals surface area contributed by atoms with E-state index in [0.29, 0.717) is 5.69 Å². The Morgan fingerprint density at radius 1 is 1.10 bits per heavy atom. The fourth-order valence-electron chi connectivity index (χ4n) is 1.58. The third-order valence-corrected chi connectivity index (χ3v) is 2.84. The van der Waals surface area contributed by atoms with E-state index in [9.17, 15) is 17.6 Å². The van der Waals surface area contributed by atoms with Crippen molar-refractivity contribution in [2.75, 3.05) is 0 Å². The molecule has 0 aromatic carbocycles. The van der Waals surface area contributed by atoms with E-state index in [1.165, 1.54) is 12.3 Å². The molecule has 21 heavy (non-hydrogen) atoms. The summed E-state index contributed by atoms with van der Waals surface area (Å²) in [7, 11) is 0. The summed E-state index contributed by atoms with van der Waals surface area (Å²) in [5.41, 5.74) is -0.222. The third kappa shape index (κ3) is 4.37. The molecule has 0 amide bonds. The maximum absolute atomic E-state index is 13.4. The van der Waals surface area contributed by atoms with E-state index in [2.05, 4.69) is 15.3 Å². The fourth-order valence-corrected chi connectivity index (χ4v) is 1.72. The molecule has 0 aliphatic heterocycles. The van der Waals surface area contributed by atoms with Gasteiger partial charge < -0.3 is 5.32 Å². The highest BCUT2D eigenvalue weighted by atomic mass is 35.5. The molecule has 8 heteroatoms. The van der Waals surface area contributed by atoms with Gasteiger partial charge in [-0.25, -0.2) is 4.39 Å². The molecule has 0 radical (unpaired) electrons. The lowest BCUT2D eigenvalue weighted by Gasteiger charge is -2.08. The first-order valence-corrected chi connectivity index (χ1v) is 6.27. The van der Waals surface area contributed by atoms with E-state index in [4.69, 9.17) is 11.6 Å². The van der Waals surface area contributed by atoms with Gasteiger partial charge in [-0.2, -0.15) is 13.2 Å². The number of hydrogen-bond donors (Lipinski definition) is 1. The van der Waals surface area contributed by atoms with E-state index >= 15 is 0 Å². The zero-order valence-electron chi connectivity index (χ0n) is 10.6. The normalized spacial score (nSPS) is 11.7. The Morgan fingerprint density at radius 2 is 1.86 bits per heavy atom. The maximum Gasteiger partial charge on any atom is 0.417 e. The molecule has 0 aliphatic carbocycles. The zero-order valence-corrected chi connectivity index (χ0v) is 11.3. The second-order valence-electron chi connectivity index (χ2n) is 4.22. The second kappa shape index (κ2) is 6.36. The van der Waals surface area contributed by atoms with Crippen molar-refractivity contribution < 1.29 is 17.6 Å². The first-order valence-electron chi connectivity index (χ1n) is 5.89. The smallest absolute Gasteiger partial charge is 0.305 e. The van der Waals surface area contributed by atoms with Crippen LogP contribution in [0.2, 0.25) is 5.02 Å². The molecule has 0 spiro atoms. The van der Waals surface area contributed by atoms with Crippen molar-refractivity contribution >= 4 is 11.6 Å². The first-order chi connectivity index (χ1) is 9.86. The van der Waals surface area contributed by atoms with Crippen LogP contribution in [0.5, 0.6) is 0 Å². The first kappa shape index (κ1) is 15.7. The van der Waals surface area contributed by atoms with Gasteiger partial charge in [0.1, 0.15) is 5.82 Å². The average molecular weight is 320 g/mol. The van der Waals surface area contributed by atoms with Crippen LogP contribution in [0.1, 0.15) is 17.0 Å². The summed E-state index contributed by atoms with van der Waals surface area (Å²) in [6.07, 6.45) is -2.33. The minimum absolute atomic E-state index is 0.117. The third-order valence-electron chi connectivity index (χ3n) is 2.63. The molecular weight excluding hydrogens is 310 g/mol. The zero-order chi connectivity index (χ0) is 15.5. The van der Waals surface area contributed by atoms with Crippen LogP contribution in [-0.4, -0.2) is 9.97 Å². The van der Waals surface area contributed by atoms with Gasteiger partial charge in [0.05, 0.1) is 22.0 Å². The van der Waals surface area contributed by atoms with Gasteiger partial charge in [0, 0.05) is 25.5 Å². The second-order valence-corrected chi connectivity index (χ2v) is 4.66. The monoisotopic (exact) mass is 319 g/mol. The Kier molecular flexibility index (Phi) is 4.74. The highest BCUT2D eigenvalue weighted by Crippen LogP contribution is 2.28. The van der Waals surface area contributed by atoms with Gasteiger partial charge in [-0.15, -0.1) is 0 Å². The van der Waals surface area contributed by atoms with Gasteiger partial charge >= 0.3 is 6.18 Å². The Morgan fingerprint density at radius 3 is 2.43 bits per heavy atom. The number of alkyl halides is 3. The summed E-state index contributed by atoms with van der Waals surface area (Å²) in [5.74, 6) is -0.546. The summed E-state index contributed by atoms with van der Waals surface area (Å²) in [6, 6.07) is 3.36. The van der Waals surface area contributed by atoms with Gasteiger partial charge in [-0.1, -0.05) is 11.6 Å². The maximum atomic E-state index is 13.4. The Bertz CT molecular complexity index is 614. The molecule has 2 rings (SSSR count). The van der Waals surface area contributed by atoms with Crippen molar-refractivity contribution in [3.05, 3.63) is 58.4 Å². The summed E-state index contributed by atoms with van der Waals surface area (Å²) in [5, 5.41) is 3.04. The summed E-state index contributed by atoms with van der Waals surface area (Å²) < 4.78 is 50.5. The number of pyridine rings is 2. The van der Waals surface area contributed by atoms with Crippen molar-refractivity contribution in [1.82, 2.24) is 15.3 Å². The van der Waals surface area contributed by atoms with Crippen LogP contribution in [-0.2, 0) is 19.3 Å². The highest BCUT2D eigenvalue weighted by Gasteiger charge is 2.30. The molecule has 0 saturated carbocycles. The fraction of sp³-hybridized carbons (Fsp3) is 0.231. The Hall–Kier alpha value is -1.73. The molecule has 1 N–H and O–H groups in total. The van der Waals surface area contributed by atoms with Crippen LogP contribution < -0.4 is 5.32 Å². The topological polar surface area (TPSA) is 37.8 Å². The van der Waals surface area contributed by atoms with E-state index in [-0.39, 0.29) is 23.8 Å². The lowest BCUT2D eigenvalue weighted by atomic mass is 10.2. The number of halogens is 5.